The molecule has 2 aliphatic rings. The van der Waals surface area contributed by atoms with Crippen molar-refractivity contribution in [1.29, 1.82) is 0 Å². The van der Waals surface area contributed by atoms with E-state index >= 15 is 0 Å². The molecule has 1 aliphatic carbocycles. The Morgan fingerprint density at radius 1 is 0.900 bits per heavy atom. The quantitative estimate of drug-likeness (QED) is 0.458. The Labute approximate surface area is 230 Å². The monoisotopic (exact) mass is 567 g/mol. The Balaban J connectivity index is 1.55. The van der Waals surface area contributed by atoms with Gasteiger partial charge in [-0.1, -0.05) is 43.5 Å². The number of fused-ring (bicyclic) bond motifs is 1. The summed E-state index contributed by atoms with van der Waals surface area (Å²) in [5.41, 5.74) is 0.293. The average Bonchev–Trinajstić information content (AvgIpc) is 3.14. The Morgan fingerprint density at radius 3 is 2.12 bits per heavy atom. The van der Waals surface area contributed by atoms with E-state index in [-0.39, 0.29) is 27.8 Å². The molecular formula is C29H27F2N3O5S. The van der Waals surface area contributed by atoms with Crippen LogP contribution in [0.2, 0.25) is 0 Å². The first-order valence-electron chi connectivity index (χ1n) is 13.0. The predicted molar refractivity (Wildman–Crippen MR) is 143 cm³/mol. The first-order chi connectivity index (χ1) is 19.2. The van der Waals surface area contributed by atoms with Crippen LogP contribution >= 0.6 is 0 Å². The van der Waals surface area contributed by atoms with Crippen molar-refractivity contribution in [2.75, 3.05) is 11.4 Å². The maximum atomic E-state index is 14.0. The molecule has 1 N–H and O–H groups in total. The Bertz CT molecular complexity index is 1540. The number of nitrogens with zero attached hydrogens (tertiary/aromatic N) is 2. The molecule has 11 heteroatoms. The molecule has 3 aromatic rings. The van der Waals surface area contributed by atoms with Gasteiger partial charge in [-0.3, -0.25) is 19.3 Å². The van der Waals surface area contributed by atoms with E-state index in [1.165, 1.54) is 48.5 Å². The highest BCUT2D eigenvalue weighted by atomic mass is 32.2. The number of carbonyl (C=O) groups is 3. The summed E-state index contributed by atoms with van der Waals surface area (Å²) in [6.07, 6.45) is 4.43. The van der Waals surface area contributed by atoms with Crippen LogP contribution in [0.3, 0.4) is 0 Å². The lowest BCUT2D eigenvalue weighted by Crippen LogP contribution is -2.50. The molecule has 3 aromatic carbocycles. The van der Waals surface area contributed by atoms with Crippen LogP contribution in [0.25, 0.3) is 0 Å². The third kappa shape index (κ3) is 5.33. The van der Waals surface area contributed by atoms with Crippen molar-refractivity contribution >= 4 is 33.4 Å². The second-order valence-corrected chi connectivity index (χ2v) is 11.7. The first-order valence-corrected chi connectivity index (χ1v) is 14.4. The van der Waals surface area contributed by atoms with Gasteiger partial charge < -0.3 is 5.32 Å². The first kappa shape index (κ1) is 27.4. The second kappa shape index (κ2) is 11.2. The molecule has 0 aromatic heterocycles. The lowest BCUT2D eigenvalue weighted by Gasteiger charge is -2.34. The molecule has 0 bridgehead atoms. The number of benzene rings is 3. The summed E-state index contributed by atoms with van der Waals surface area (Å²) < 4.78 is 54.5. The van der Waals surface area contributed by atoms with Gasteiger partial charge in [0.1, 0.15) is 29.1 Å². The molecule has 1 fully saturated rings. The Hall–Kier alpha value is -4.12. The third-order valence-electron chi connectivity index (χ3n) is 7.21. The smallest absolute Gasteiger partial charge is 0.269 e. The number of anilines is 1. The van der Waals surface area contributed by atoms with Crippen LogP contribution < -0.4 is 10.2 Å². The molecule has 1 saturated carbocycles. The van der Waals surface area contributed by atoms with Gasteiger partial charge in [-0.05, 0) is 66.9 Å². The SMILES string of the molecule is O=C(NC1CCCCC1)[C@H](c1ccc(F)cc1)N(C(=O)CN1C(=O)c2ccccc2S1(=O)=O)c1ccc(F)cc1. The number of hydrogen-bond acceptors (Lipinski definition) is 5. The second-order valence-electron chi connectivity index (χ2n) is 9.85. The van der Waals surface area contributed by atoms with E-state index in [9.17, 15) is 31.6 Å². The number of nitrogens with one attached hydrogen (secondary N) is 1. The van der Waals surface area contributed by atoms with E-state index in [4.69, 9.17) is 0 Å². The fraction of sp³-hybridized carbons (Fsp3) is 0.276. The molecular weight excluding hydrogens is 540 g/mol. The van der Waals surface area contributed by atoms with Crippen molar-refractivity contribution in [2.24, 2.45) is 0 Å². The van der Waals surface area contributed by atoms with Crippen molar-refractivity contribution in [3.63, 3.8) is 0 Å². The van der Waals surface area contributed by atoms with Gasteiger partial charge in [0, 0.05) is 11.7 Å². The van der Waals surface area contributed by atoms with Gasteiger partial charge in [0.15, 0.2) is 0 Å². The zero-order chi connectivity index (χ0) is 28.4. The number of rotatable bonds is 7. The van der Waals surface area contributed by atoms with Crippen LogP contribution in [-0.2, 0) is 19.6 Å². The molecule has 0 radical (unpaired) electrons. The minimum atomic E-state index is -4.33. The third-order valence-corrected chi connectivity index (χ3v) is 9.00. The number of amides is 3. The van der Waals surface area contributed by atoms with Crippen molar-refractivity contribution < 1.29 is 31.6 Å². The van der Waals surface area contributed by atoms with Crippen LogP contribution in [0.4, 0.5) is 14.5 Å². The highest BCUT2D eigenvalue weighted by Crippen LogP contribution is 2.33. The zero-order valence-electron chi connectivity index (χ0n) is 21.4. The molecule has 0 spiro atoms. The van der Waals surface area contributed by atoms with E-state index in [1.807, 2.05) is 0 Å². The average molecular weight is 568 g/mol. The summed E-state index contributed by atoms with van der Waals surface area (Å²) in [4.78, 5) is 41.6. The number of halogens is 2. The predicted octanol–water partition coefficient (Wildman–Crippen LogP) is 4.33. The normalized spacial score (nSPS) is 17.2. The number of sulfonamides is 1. The summed E-state index contributed by atoms with van der Waals surface area (Å²) >= 11 is 0. The summed E-state index contributed by atoms with van der Waals surface area (Å²) in [7, 11) is -4.33. The van der Waals surface area contributed by atoms with Crippen molar-refractivity contribution in [3.8, 4) is 0 Å². The van der Waals surface area contributed by atoms with E-state index in [2.05, 4.69) is 5.32 Å². The maximum Gasteiger partial charge on any atom is 0.269 e. The molecule has 3 amide bonds. The molecule has 40 heavy (non-hydrogen) atoms. The van der Waals surface area contributed by atoms with Crippen LogP contribution in [0.1, 0.15) is 54.1 Å². The molecule has 0 unspecified atom stereocenters. The van der Waals surface area contributed by atoms with Crippen LogP contribution in [0, 0.1) is 11.6 Å². The van der Waals surface area contributed by atoms with Crippen molar-refractivity contribution in [1.82, 2.24) is 9.62 Å². The number of carbonyl (C=O) groups excluding carboxylic acids is 3. The number of hydrogen-bond donors (Lipinski definition) is 1. The van der Waals surface area contributed by atoms with E-state index in [0.29, 0.717) is 4.31 Å². The summed E-state index contributed by atoms with van der Waals surface area (Å²) in [6.45, 7) is -0.901. The van der Waals surface area contributed by atoms with Gasteiger partial charge in [-0.2, -0.15) is 0 Å². The fourth-order valence-electron chi connectivity index (χ4n) is 5.21. The molecule has 1 heterocycles. The summed E-state index contributed by atoms with van der Waals surface area (Å²) in [6, 6.07) is 13.9. The van der Waals surface area contributed by atoms with Gasteiger partial charge >= 0.3 is 0 Å². The van der Waals surface area contributed by atoms with Crippen LogP contribution in [0.15, 0.2) is 77.7 Å². The van der Waals surface area contributed by atoms with Gasteiger partial charge in [0.25, 0.3) is 15.9 Å². The highest BCUT2D eigenvalue weighted by Gasteiger charge is 2.44. The standard InChI is InChI=1S/C29H27F2N3O5S/c30-20-12-10-19(11-13-20)27(28(36)32-22-6-2-1-3-7-22)34(23-16-14-21(31)15-17-23)26(35)18-33-29(37)24-8-4-5-9-25(24)40(33,38)39/h4-5,8-17,22,27H,1-3,6-7,18H2,(H,32,36)/t27-/m0/s1. The van der Waals surface area contributed by atoms with Gasteiger partial charge in [0.05, 0.1) is 5.56 Å². The largest absolute Gasteiger partial charge is 0.351 e. The minimum Gasteiger partial charge on any atom is -0.351 e. The molecule has 208 valence electrons. The topological polar surface area (TPSA) is 104 Å². The minimum absolute atomic E-state index is 0.0613. The molecule has 1 atom stereocenters. The molecule has 5 rings (SSSR count). The van der Waals surface area contributed by atoms with E-state index in [0.717, 1.165) is 61.3 Å². The zero-order valence-corrected chi connectivity index (χ0v) is 22.2. The highest BCUT2D eigenvalue weighted by molar-refractivity contribution is 7.90. The summed E-state index contributed by atoms with van der Waals surface area (Å²) in [5.74, 6) is -3.47. The Kier molecular flexibility index (Phi) is 7.66. The molecule has 1 aliphatic heterocycles. The van der Waals surface area contributed by atoms with E-state index in [1.54, 1.807) is 0 Å². The van der Waals surface area contributed by atoms with Crippen LogP contribution in [-0.4, -0.2) is 43.0 Å². The summed E-state index contributed by atoms with van der Waals surface area (Å²) in [5, 5.41) is 2.98. The van der Waals surface area contributed by atoms with Gasteiger partial charge in [-0.15, -0.1) is 0 Å². The Morgan fingerprint density at radius 2 is 1.50 bits per heavy atom. The van der Waals surface area contributed by atoms with Gasteiger partial charge in [-0.25, -0.2) is 21.5 Å². The van der Waals surface area contributed by atoms with Crippen molar-refractivity contribution in [2.45, 2.75) is 49.1 Å². The van der Waals surface area contributed by atoms with E-state index < -0.39 is 52.0 Å². The molecule has 8 nitrogen and oxygen atoms in total. The van der Waals surface area contributed by atoms with Gasteiger partial charge in [0.2, 0.25) is 11.8 Å². The van der Waals surface area contributed by atoms with Crippen LogP contribution in [0.5, 0.6) is 0 Å². The molecule has 0 saturated heterocycles. The fourth-order valence-corrected chi connectivity index (χ4v) is 6.73. The maximum absolute atomic E-state index is 14.0. The lowest BCUT2D eigenvalue weighted by atomic mass is 9.94. The lowest BCUT2D eigenvalue weighted by molar-refractivity contribution is -0.127. The van der Waals surface area contributed by atoms with Crippen molar-refractivity contribution in [3.05, 3.63) is 95.6 Å².